The van der Waals surface area contributed by atoms with Crippen LogP contribution in [0.2, 0.25) is 0 Å². The Labute approximate surface area is 108 Å². The van der Waals surface area contributed by atoms with Crippen molar-refractivity contribution in [1.82, 2.24) is 0 Å². The molecule has 0 spiro atoms. The predicted molar refractivity (Wildman–Crippen MR) is 66.4 cm³/mol. The molecule has 2 aromatic rings. The van der Waals surface area contributed by atoms with Gasteiger partial charge in [-0.15, -0.1) is 0 Å². The highest BCUT2D eigenvalue weighted by atomic mass is 19.2. The van der Waals surface area contributed by atoms with Crippen LogP contribution >= 0.6 is 0 Å². The lowest BCUT2D eigenvalue weighted by Crippen LogP contribution is -1.99. The normalized spacial score (nSPS) is 10.5. The van der Waals surface area contributed by atoms with E-state index >= 15 is 0 Å². The molecule has 0 radical (unpaired) electrons. The van der Waals surface area contributed by atoms with E-state index in [4.69, 9.17) is 0 Å². The van der Waals surface area contributed by atoms with E-state index in [1.165, 1.54) is 24.3 Å². The summed E-state index contributed by atoms with van der Waals surface area (Å²) in [6.45, 7) is 1.67. The lowest BCUT2D eigenvalue weighted by Gasteiger charge is -2.07. The van der Waals surface area contributed by atoms with Crippen LogP contribution in [0.1, 0.15) is 23.7 Å². The van der Waals surface area contributed by atoms with Crippen LogP contribution in [0.15, 0.2) is 36.4 Å². The van der Waals surface area contributed by atoms with Gasteiger partial charge in [-0.25, -0.2) is 13.2 Å². The highest BCUT2D eigenvalue weighted by Gasteiger charge is 2.15. The number of benzene rings is 2. The Hall–Kier alpha value is -2.10. The van der Waals surface area contributed by atoms with Gasteiger partial charge < -0.3 is 0 Å². The van der Waals surface area contributed by atoms with Gasteiger partial charge in [0.15, 0.2) is 17.4 Å². The van der Waals surface area contributed by atoms with E-state index in [1.54, 1.807) is 6.92 Å². The lowest BCUT2D eigenvalue weighted by molar-refractivity contribution is 0.0988. The molecule has 0 unspecified atom stereocenters. The van der Waals surface area contributed by atoms with Gasteiger partial charge in [-0.2, -0.15) is 0 Å². The summed E-state index contributed by atoms with van der Waals surface area (Å²) in [4.78, 5) is 11.6. The van der Waals surface area contributed by atoms with Crippen molar-refractivity contribution in [2.75, 3.05) is 0 Å². The first-order chi connectivity index (χ1) is 9.04. The molecule has 0 heterocycles. The smallest absolute Gasteiger partial charge is 0.166 e. The second kappa shape index (κ2) is 5.26. The molecule has 0 aromatic heterocycles. The molecular formula is C15H11F3O. The summed E-state index contributed by atoms with van der Waals surface area (Å²) in [5.74, 6) is -3.05. The molecule has 2 rings (SSSR count). The molecule has 0 bridgehead atoms. The molecule has 0 fully saturated rings. The fourth-order valence-electron chi connectivity index (χ4n) is 1.82. The third kappa shape index (κ3) is 2.52. The van der Waals surface area contributed by atoms with Gasteiger partial charge in [-0.1, -0.05) is 19.1 Å². The predicted octanol–water partition coefficient (Wildman–Crippen LogP) is 4.36. The minimum atomic E-state index is -1.12. The van der Waals surface area contributed by atoms with Crippen LogP contribution in [0, 0.1) is 17.5 Å². The van der Waals surface area contributed by atoms with Crippen LogP contribution in [0.4, 0.5) is 13.2 Å². The Balaban J connectivity index is 2.61. The Morgan fingerprint density at radius 3 is 2.42 bits per heavy atom. The summed E-state index contributed by atoms with van der Waals surface area (Å²) in [6, 6.07) is 7.19. The van der Waals surface area contributed by atoms with Crippen molar-refractivity contribution < 1.29 is 18.0 Å². The topological polar surface area (TPSA) is 17.1 Å². The summed E-state index contributed by atoms with van der Waals surface area (Å²) in [7, 11) is 0. The SMILES string of the molecule is CCC(=O)c1ccc(F)c(-c2cccc(F)c2F)c1. The quantitative estimate of drug-likeness (QED) is 0.752. The Morgan fingerprint density at radius 2 is 1.74 bits per heavy atom. The van der Waals surface area contributed by atoms with E-state index in [0.717, 1.165) is 12.1 Å². The first-order valence-corrected chi connectivity index (χ1v) is 5.81. The number of Topliss-reactive ketones (excluding diaryl/α,β-unsaturated/α-hetero) is 1. The summed E-state index contributed by atoms with van der Waals surface area (Å²) >= 11 is 0. The van der Waals surface area contributed by atoms with E-state index < -0.39 is 17.5 Å². The molecule has 1 nitrogen and oxygen atoms in total. The van der Waals surface area contributed by atoms with Crippen molar-refractivity contribution in [2.45, 2.75) is 13.3 Å². The molecule has 0 atom stereocenters. The van der Waals surface area contributed by atoms with Crippen molar-refractivity contribution in [2.24, 2.45) is 0 Å². The molecule has 0 amide bonds. The number of carbonyl (C=O) groups is 1. The zero-order valence-electron chi connectivity index (χ0n) is 10.2. The first-order valence-electron chi connectivity index (χ1n) is 5.81. The van der Waals surface area contributed by atoms with Crippen LogP contribution in [-0.4, -0.2) is 5.78 Å². The van der Waals surface area contributed by atoms with Crippen molar-refractivity contribution >= 4 is 5.78 Å². The Kier molecular flexibility index (Phi) is 3.69. The summed E-state index contributed by atoms with van der Waals surface area (Å²) in [5, 5.41) is 0. The molecule has 0 N–H and O–H groups in total. The van der Waals surface area contributed by atoms with Gasteiger partial charge >= 0.3 is 0 Å². The number of rotatable bonds is 3. The average molecular weight is 264 g/mol. The van der Waals surface area contributed by atoms with Crippen molar-refractivity contribution in [3.8, 4) is 11.1 Å². The van der Waals surface area contributed by atoms with Crippen molar-refractivity contribution in [1.29, 1.82) is 0 Å². The molecule has 0 saturated carbocycles. The van der Waals surface area contributed by atoms with Gasteiger partial charge in [0, 0.05) is 23.1 Å². The number of carbonyl (C=O) groups excluding carboxylic acids is 1. The van der Waals surface area contributed by atoms with Crippen molar-refractivity contribution in [3.63, 3.8) is 0 Å². The Bertz CT molecular complexity index is 635. The molecule has 19 heavy (non-hydrogen) atoms. The third-order valence-corrected chi connectivity index (χ3v) is 2.85. The minimum absolute atomic E-state index is 0.115. The van der Waals surface area contributed by atoms with Crippen LogP contribution in [-0.2, 0) is 0 Å². The van der Waals surface area contributed by atoms with Gasteiger partial charge in [0.25, 0.3) is 0 Å². The second-order valence-corrected chi connectivity index (χ2v) is 4.07. The van der Waals surface area contributed by atoms with Gasteiger partial charge in [0.2, 0.25) is 0 Å². The first kappa shape index (κ1) is 13.3. The van der Waals surface area contributed by atoms with Crippen LogP contribution < -0.4 is 0 Å². The molecule has 4 heteroatoms. The van der Waals surface area contributed by atoms with E-state index in [1.807, 2.05) is 0 Å². The fraction of sp³-hybridized carbons (Fsp3) is 0.133. The standard InChI is InChI=1S/C15H11F3O/c1-2-14(19)9-6-7-12(16)11(8-9)10-4-3-5-13(17)15(10)18/h3-8H,2H2,1H3. The molecule has 98 valence electrons. The van der Waals surface area contributed by atoms with E-state index in [0.29, 0.717) is 0 Å². The van der Waals surface area contributed by atoms with E-state index in [9.17, 15) is 18.0 Å². The van der Waals surface area contributed by atoms with Crippen LogP contribution in [0.3, 0.4) is 0 Å². The van der Waals surface area contributed by atoms with Gasteiger partial charge in [-0.3, -0.25) is 4.79 Å². The molecule has 0 aliphatic carbocycles. The van der Waals surface area contributed by atoms with Crippen LogP contribution in [0.5, 0.6) is 0 Å². The highest BCUT2D eigenvalue weighted by Crippen LogP contribution is 2.28. The third-order valence-electron chi connectivity index (χ3n) is 2.85. The monoisotopic (exact) mass is 264 g/mol. The molecule has 0 saturated heterocycles. The van der Waals surface area contributed by atoms with Gasteiger partial charge in [0.1, 0.15) is 5.82 Å². The Morgan fingerprint density at radius 1 is 1.00 bits per heavy atom. The number of hydrogen-bond donors (Lipinski definition) is 0. The van der Waals surface area contributed by atoms with Crippen molar-refractivity contribution in [3.05, 3.63) is 59.4 Å². The van der Waals surface area contributed by atoms with Gasteiger partial charge in [-0.05, 0) is 24.3 Å². The zero-order valence-corrected chi connectivity index (χ0v) is 10.2. The van der Waals surface area contributed by atoms with E-state index in [-0.39, 0.29) is 28.9 Å². The lowest BCUT2D eigenvalue weighted by atomic mass is 9.99. The largest absolute Gasteiger partial charge is 0.294 e. The van der Waals surface area contributed by atoms with Crippen LogP contribution in [0.25, 0.3) is 11.1 Å². The highest BCUT2D eigenvalue weighted by molar-refractivity contribution is 5.97. The van der Waals surface area contributed by atoms with E-state index in [2.05, 4.69) is 0 Å². The molecular weight excluding hydrogens is 253 g/mol. The average Bonchev–Trinajstić information content (AvgIpc) is 2.42. The number of halogens is 3. The zero-order chi connectivity index (χ0) is 14.0. The minimum Gasteiger partial charge on any atom is -0.294 e. The van der Waals surface area contributed by atoms with Gasteiger partial charge in [0.05, 0.1) is 0 Å². The molecule has 0 aliphatic rings. The number of hydrogen-bond acceptors (Lipinski definition) is 1. The molecule has 0 aliphatic heterocycles. The maximum Gasteiger partial charge on any atom is 0.166 e. The summed E-state index contributed by atoms with van der Waals surface area (Å²) in [5.41, 5.74) is -0.0258. The second-order valence-electron chi connectivity index (χ2n) is 4.07. The molecule has 2 aromatic carbocycles. The maximum atomic E-state index is 13.7. The summed E-state index contributed by atoms with van der Waals surface area (Å²) < 4.78 is 40.5. The number of ketones is 1. The maximum absolute atomic E-state index is 13.7. The fourth-order valence-corrected chi connectivity index (χ4v) is 1.82. The summed E-state index contributed by atoms with van der Waals surface area (Å²) in [6.07, 6.45) is 0.261.